The summed E-state index contributed by atoms with van der Waals surface area (Å²) in [7, 11) is 0. The first-order valence-electron chi connectivity index (χ1n) is 7.09. The smallest absolute Gasteiger partial charge is 0.240 e. The molecule has 2 aromatic rings. The first-order valence-corrected chi connectivity index (χ1v) is 7.09. The summed E-state index contributed by atoms with van der Waals surface area (Å²) in [5.41, 5.74) is 6.28. The molecule has 1 heterocycles. The van der Waals surface area contributed by atoms with Crippen LogP contribution in [-0.4, -0.2) is 28.5 Å². The van der Waals surface area contributed by atoms with E-state index < -0.39 is 11.9 Å². The van der Waals surface area contributed by atoms with E-state index in [1.165, 1.54) is 0 Å². The van der Waals surface area contributed by atoms with Gasteiger partial charge >= 0.3 is 0 Å². The topological polar surface area (TPSA) is 92.9 Å². The number of aromatic nitrogens is 2. The molecule has 21 heavy (non-hydrogen) atoms. The average Bonchev–Trinajstić information content (AvgIpc) is 2.44. The third kappa shape index (κ3) is 3.39. The summed E-state index contributed by atoms with van der Waals surface area (Å²) >= 11 is 0. The van der Waals surface area contributed by atoms with Gasteiger partial charge in [0.15, 0.2) is 0 Å². The van der Waals surface area contributed by atoms with Crippen LogP contribution in [0.25, 0.3) is 10.9 Å². The maximum absolute atomic E-state index is 11.6. The van der Waals surface area contributed by atoms with Crippen molar-refractivity contribution >= 4 is 28.6 Å². The van der Waals surface area contributed by atoms with Gasteiger partial charge in [-0.1, -0.05) is 26.0 Å². The van der Waals surface area contributed by atoms with E-state index in [0.717, 1.165) is 17.4 Å². The van der Waals surface area contributed by atoms with Crippen molar-refractivity contribution in [2.45, 2.75) is 26.8 Å². The Morgan fingerprint density at radius 1 is 1.29 bits per heavy atom. The fourth-order valence-electron chi connectivity index (χ4n) is 2.14. The Bertz CT molecular complexity index is 641. The second kappa shape index (κ2) is 6.39. The van der Waals surface area contributed by atoms with Crippen molar-refractivity contribution in [1.82, 2.24) is 9.97 Å². The number of carbonyl (C=O) groups excluding carboxylic acids is 1. The molecular formula is C15H21N5O. The van der Waals surface area contributed by atoms with Gasteiger partial charge in [0.2, 0.25) is 11.9 Å². The first kappa shape index (κ1) is 15.0. The minimum atomic E-state index is -0.474. The quantitative estimate of drug-likeness (QED) is 0.755. The predicted molar refractivity (Wildman–Crippen MR) is 85.1 cm³/mol. The minimum absolute atomic E-state index is 0.0683. The van der Waals surface area contributed by atoms with Crippen LogP contribution in [0.1, 0.15) is 20.8 Å². The molecule has 1 unspecified atom stereocenters. The first-order chi connectivity index (χ1) is 10.0. The number of amides is 1. The molecule has 0 fully saturated rings. The van der Waals surface area contributed by atoms with E-state index in [4.69, 9.17) is 5.73 Å². The van der Waals surface area contributed by atoms with Crippen molar-refractivity contribution in [1.29, 1.82) is 0 Å². The fourth-order valence-corrected chi connectivity index (χ4v) is 2.14. The Morgan fingerprint density at radius 2 is 2.00 bits per heavy atom. The van der Waals surface area contributed by atoms with Crippen LogP contribution in [0.3, 0.4) is 0 Å². The zero-order valence-electron chi connectivity index (χ0n) is 12.6. The largest absolute Gasteiger partial charge is 0.368 e. The molecule has 0 aliphatic carbocycles. The van der Waals surface area contributed by atoms with E-state index >= 15 is 0 Å². The van der Waals surface area contributed by atoms with E-state index in [1.807, 2.05) is 45.0 Å². The molecule has 2 rings (SSSR count). The van der Waals surface area contributed by atoms with E-state index in [-0.39, 0.29) is 5.92 Å². The van der Waals surface area contributed by atoms with E-state index in [9.17, 15) is 4.79 Å². The van der Waals surface area contributed by atoms with Gasteiger partial charge < -0.3 is 16.4 Å². The lowest BCUT2D eigenvalue weighted by atomic mass is 10.0. The lowest BCUT2D eigenvalue weighted by Gasteiger charge is -2.20. The molecule has 1 aromatic carbocycles. The molecule has 0 spiro atoms. The average molecular weight is 287 g/mol. The second-order valence-electron chi connectivity index (χ2n) is 5.21. The maximum Gasteiger partial charge on any atom is 0.240 e. The summed E-state index contributed by atoms with van der Waals surface area (Å²) in [4.78, 5) is 20.5. The van der Waals surface area contributed by atoms with Crippen LogP contribution >= 0.6 is 0 Å². The molecule has 0 aliphatic rings. The number of nitrogens with one attached hydrogen (secondary N) is 2. The molecule has 1 amide bonds. The molecule has 6 nitrogen and oxygen atoms in total. The van der Waals surface area contributed by atoms with Gasteiger partial charge in [0.1, 0.15) is 11.9 Å². The van der Waals surface area contributed by atoms with E-state index in [2.05, 4.69) is 20.6 Å². The molecule has 0 bridgehead atoms. The summed E-state index contributed by atoms with van der Waals surface area (Å²) < 4.78 is 0. The zero-order chi connectivity index (χ0) is 15.4. The van der Waals surface area contributed by atoms with Crippen molar-refractivity contribution in [3.63, 3.8) is 0 Å². The van der Waals surface area contributed by atoms with Gasteiger partial charge in [-0.2, -0.15) is 4.98 Å². The Labute approximate surface area is 124 Å². The van der Waals surface area contributed by atoms with Crippen LogP contribution in [0.15, 0.2) is 24.3 Å². The number of carbonyl (C=O) groups is 1. The predicted octanol–water partition coefficient (Wildman–Crippen LogP) is 1.98. The summed E-state index contributed by atoms with van der Waals surface area (Å²) in [6.07, 6.45) is 0. The van der Waals surface area contributed by atoms with Crippen LogP contribution < -0.4 is 16.4 Å². The van der Waals surface area contributed by atoms with Crippen molar-refractivity contribution in [2.75, 3.05) is 17.2 Å². The molecule has 4 N–H and O–H groups in total. The molecule has 0 saturated carbocycles. The highest BCUT2D eigenvalue weighted by Gasteiger charge is 2.21. The van der Waals surface area contributed by atoms with Crippen LogP contribution in [0.4, 0.5) is 11.8 Å². The van der Waals surface area contributed by atoms with Crippen molar-refractivity contribution in [3.05, 3.63) is 24.3 Å². The molecule has 0 aliphatic heterocycles. The summed E-state index contributed by atoms with van der Waals surface area (Å²) in [5, 5.41) is 7.11. The SMILES string of the molecule is CCNc1nc(NC(C(N)=O)C(C)C)c2ccccc2n1. The minimum Gasteiger partial charge on any atom is -0.368 e. The maximum atomic E-state index is 11.6. The standard InChI is InChI=1S/C15H21N5O/c1-4-17-15-18-11-8-6-5-7-10(11)14(20-15)19-12(9(2)3)13(16)21/h5-9,12H,4H2,1-3H3,(H2,16,21)(H2,17,18,19,20). The zero-order valence-corrected chi connectivity index (χ0v) is 12.6. The van der Waals surface area contributed by atoms with Gasteiger partial charge in [-0.15, -0.1) is 0 Å². The van der Waals surface area contributed by atoms with Gasteiger partial charge in [-0.3, -0.25) is 4.79 Å². The number of benzene rings is 1. The lowest BCUT2D eigenvalue weighted by Crippen LogP contribution is -2.39. The Balaban J connectivity index is 2.47. The normalized spacial score (nSPS) is 12.4. The highest BCUT2D eigenvalue weighted by Crippen LogP contribution is 2.23. The van der Waals surface area contributed by atoms with Crippen molar-refractivity contribution < 1.29 is 4.79 Å². The number of hydrogen-bond acceptors (Lipinski definition) is 5. The van der Waals surface area contributed by atoms with Crippen LogP contribution in [0.5, 0.6) is 0 Å². The van der Waals surface area contributed by atoms with E-state index in [0.29, 0.717) is 11.8 Å². The molecule has 0 radical (unpaired) electrons. The van der Waals surface area contributed by atoms with E-state index in [1.54, 1.807) is 0 Å². The third-order valence-corrected chi connectivity index (χ3v) is 3.20. The van der Waals surface area contributed by atoms with Crippen molar-refractivity contribution in [2.24, 2.45) is 11.7 Å². The fraction of sp³-hybridized carbons (Fsp3) is 0.400. The highest BCUT2D eigenvalue weighted by atomic mass is 16.1. The molecule has 1 atom stereocenters. The van der Waals surface area contributed by atoms with Gasteiger partial charge in [-0.25, -0.2) is 4.98 Å². The van der Waals surface area contributed by atoms with Gasteiger partial charge in [0, 0.05) is 11.9 Å². The van der Waals surface area contributed by atoms with Crippen LogP contribution in [-0.2, 0) is 4.79 Å². The van der Waals surface area contributed by atoms with Crippen molar-refractivity contribution in [3.8, 4) is 0 Å². The molecule has 0 saturated heterocycles. The Kier molecular flexibility index (Phi) is 4.57. The molecule has 1 aromatic heterocycles. The summed E-state index contributed by atoms with van der Waals surface area (Å²) in [6, 6.07) is 7.20. The van der Waals surface area contributed by atoms with Crippen LogP contribution in [0.2, 0.25) is 0 Å². The number of rotatable bonds is 6. The number of primary amides is 1. The monoisotopic (exact) mass is 287 g/mol. The van der Waals surface area contributed by atoms with Crippen LogP contribution in [0, 0.1) is 5.92 Å². The van der Waals surface area contributed by atoms with Gasteiger partial charge in [0.25, 0.3) is 0 Å². The van der Waals surface area contributed by atoms with Gasteiger partial charge in [-0.05, 0) is 25.0 Å². The number of nitrogens with two attached hydrogens (primary N) is 1. The Hall–Kier alpha value is -2.37. The molecule has 112 valence electrons. The lowest BCUT2D eigenvalue weighted by molar-refractivity contribution is -0.119. The number of para-hydroxylation sites is 1. The van der Waals surface area contributed by atoms with Gasteiger partial charge in [0.05, 0.1) is 5.52 Å². The molecule has 6 heteroatoms. The second-order valence-corrected chi connectivity index (χ2v) is 5.21. The summed E-state index contributed by atoms with van der Waals surface area (Å²) in [6.45, 7) is 6.58. The number of anilines is 2. The Morgan fingerprint density at radius 3 is 2.62 bits per heavy atom. The number of fused-ring (bicyclic) bond motifs is 1. The number of hydrogen-bond donors (Lipinski definition) is 3. The third-order valence-electron chi connectivity index (χ3n) is 3.20. The number of nitrogens with zero attached hydrogens (tertiary/aromatic N) is 2. The molecular weight excluding hydrogens is 266 g/mol. The summed E-state index contributed by atoms with van der Waals surface area (Å²) in [5.74, 6) is 0.830. The highest BCUT2D eigenvalue weighted by molar-refractivity contribution is 5.92.